The molecule has 0 aliphatic carbocycles. The number of aliphatic hydroxyl groups is 2. The van der Waals surface area contributed by atoms with E-state index in [1.54, 1.807) is 6.20 Å². The number of unbranched alkanes of at least 4 members (excludes halogenated alkanes) is 1. The minimum atomic E-state index is -3.91. The highest BCUT2D eigenvalue weighted by Gasteiger charge is 2.46. The van der Waals surface area contributed by atoms with Crippen molar-refractivity contribution in [3.8, 4) is 0 Å². The molecule has 5 rings (SSSR count). The smallest absolute Gasteiger partial charge is 0.262 e. The Hall–Kier alpha value is -4.13. The lowest BCUT2D eigenvalue weighted by Gasteiger charge is -2.16. The lowest BCUT2D eigenvalue weighted by atomic mass is 10.1. The fraction of sp³-hybridized carbons (Fsp3) is 0.455. The van der Waals surface area contributed by atoms with Crippen molar-refractivity contribution < 1.29 is 28.2 Å². The van der Waals surface area contributed by atoms with Crippen molar-refractivity contribution in [1.82, 2.24) is 39.8 Å². The Balaban J connectivity index is 1.10. The van der Waals surface area contributed by atoms with Crippen LogP contribution in [0, 0.1) is 0 Å². The van der Waals surface area contributed by atoms with Gasteiger partial charge in [0, 0.05) is 12.6 Å². The lowest BCUT2D eigenvalue weighted by Crippen LogP contribution is -2.38. The molecule has 17 nitrogen and oxygen atoms in total. The zero-order valence-electron chi connectivity index (χ0n) is 21.0. The predicted octanol–water partition coefficient (Wildman–Crippen LogP) is -1.92. The van der Waals surface area contributed by atoms with Crippen LogP contribution in [0.2, 0.25) is 0 Å². The Bertz CT molecular complexity index is 1720. The number of amides is 1. The maximum atomic E-state index is 12.7. The number of rotatable bonds is 10. The van der Waals surface area contributed by atoms with Gasteiger partial charge in [0.2, 0.25) is 11.9 Å². The first-order chi connectivity index (χ1) is 19.0. The fourth-order valence-corrected chi connectivity index (χ4v) is 5.93. The number of aromatic nitrogens is 7. The van der Waals surface area contributed by atoms with Crippen LogP contribution < -0.4 is 22.3 Å². The molecule has 1 fully saturated rings. The van der Waals surface area contributed by atoms with E-state index in [0.29, 0.717) is 30.3 Å². The summed E-state index contributed by atoms with van der Waals surface area (Å²) in [5.41, 5.74) is 12.6. The van der Waals surface area contributed by atoms with Crippen LogP contribution in [-0.4, -0.2) is 89.0 Å². The molecule has 0 spiro atoms. The van der Waals surface area contributed by atoms with Crippen LogP contribution in [-0.2, 0) is 25.8 Å². The van der Waals surface area contributed by atoms with Crippen LogP contribution in [0.4, 0.5) is 11.8 Å². The highest BCUT2D eigenvalue weighted by Crippen LogP contribution is 2.32. The average molecular weight is 577 g/mol. The lowest BCUT2D eigenvalue weighted by molar-refractivity contribution is -0.120. The number of anilines is 2. The summed E-state index contributed by atoms with van der Waals surface area (Å²) in [5, 5.41) is 23.8. The molecule has 0 saturated carbocycles. The molecule has 1 unspecified atom stereocenters. The molecule has 214 valence electrons. The molecule has 1 amide bonds. The number of hydrogen-bond acceptors (Lipinski definition) is 13. The van der Waals surface area contributed by atoms with Gasteiger partial charge in [-0.1, -0.05) is 0 Å². The molecule has 0 radical (unpaired) electrons. The van der Waals surface area contributed by atoms with E-state index in [1.807, 2.05) is 0 Å². The second kappa shape index (κ2) is 10.8. The van der Waals surface area contributed by atoms with E-state index < -0.39 is 51.9 Å². The van der Waals surface area contributed by atoms with Crippen molar-refractivity contribution in [2.24, 2.45) is 0 Å². The van der Waals surface area contributed by atoms with Gasteiger partial charge in [-0.3, -0.25) is 19.1 Å². The van der Waals surface area contributed by atoms with Gasteiger partial charge in [0.25, 0.3) is 5.56 Å². The normalized spacial score (nSPS) is 21.4. The molecular formula is C22H28N10O7S. The van der Waals surface area contributed by atoms with Gasteiger partial charge < -0.3 is 36.7 Å². The number of hydrogen-bond donors (Lipinski definition) is 7. The van der Waals surface area contributed by atoms with Crippen molar-refractivity contribution in [1.29, 1.82) is 0 Å². The maximum absolute atomic E-state index is 12.7. The molecule has 4 aromatic heterocycles. The first-order valence-corrected chi connectivity index (χ1v) is 14.1. The summed E-state index contributed by atoms with van der Waals surface area (Å²) in [6, 6.07) is 0. The number of sulfone groups is 1. The van der Waals surface area contributed by atoms with E-state index in [1.165, 1.54) is 17.2 Å². The second-order valence-electron chi connectivity index (χ2n) is 9.48. The number of imidazole rings is 1. The van der Waals surface area contributed by atoms with Crippen LogP contribution >= 0.6 is 0 Å². The first kappa shape index (κ1) is 27.4. The van der Waals surface area contributed by atoms with Crippen LogP contribution in [0.15, 0.2) is 23.6 Å². The van der Waals surface area contributed by atoms with E-state index in [0.717, 1.165) is 5.56 Å². The number of aromatic amines is 2. The zero-order valence-corrected chi connectivity index (χ0v) is 21.8. The minimum Gasteiger partial charge on any atom is -0.387 e. The molecule has 40 heavy (non-hydrogen) atoms. The summed E-state index contributed by atoms with van der Waals surface area (Å²) in [4.78, 5) is 45.8. The summed E-state index contributed by atoms with van der Waals surface area (Å²) in [5.74, 6) is -1.65. The number of ether oxygens (including phenoxy) is 1. The third kappa shape index (κ3) is 5.46. The topological polar surface area (TPSA) is 270 Å². The quantitative estimate of drug-likeness (QED) is 0.102. The minimum absolute atomic E-state index is 0.00928. The molecule has 0 aromatic carbocycles. The number of fused-ring (bicyclic) bond motifs is 2. The molecule has 18 heteroatoms. The summed E-state index contributed by atoms with van der Waals surface area (Å²) in [7, 11) is -3.91. The predicted molar refractivity (Wildman–Crippen MR) is 141 cm³/mol. The fourth-order valence-electron chi connectivity index (χ4n) is 4.66. The SMILES string of the molecule is Nc1nc2[nH]cc(CCCCC(=O)NCS(=O)(=O)C[C@H]3O[C@@H](n4cnc5c(N)ncnc54)[C@@H](O)C3O)c2c(=O)[nH]1. The summed E-state index contributed by atoms with van der Waals surface area (Å²) >= 11 is 0. The molecule has 9 N–H and O–H groups in total. The van der Waals surface area contributed by atoms with Gasteiger partial charge >= 0.3 is 0 Å². The van der Waals surface area contributed by atoms with Crippen LogP contribution in [0.5, 0.6) is 0 Å². The van der Waals surface area contributed by atoms with Crippen LogP contribution in [0.1, 0.15) is 31.1 Å². The Morgan fingerprint density at radius 1 is 1.18 bits per heavy atom. The largest absolute Gasteiger partial charge is 0.387 e. The number of H-pyrrole nitrogens is 2. The number of carbonyl (C=O) groups excluding carboxylic acids is 1. The van der Waals surface area contributed by atoms with Crippen molar-refractivity contribution in [3.63, 3.8) is 0 Å². The highest BCUT2D eigenvalue weighted by atomic mass is 32.2. The van der Waals surface area contributed by atoms with Gasteiger partial charge in [-0.05, 0) is 24.8 Å². The molecule has 1 aliphatic rings. The van der Waals surface area contributed by atoms with Crippen molar-refractivity contribution in [2.45, 2.75) is 50.2 Å². The summed E-state index contributed by atoms with van der Waals surface area (Å²) in [6.45, 7) is 0. The number of nitrogens with one attached hydrogen (secondary N) is 3. The molecule has 5 heterocycles. The number of nitrogens with zero attached hydrogens (tertiary/aromatic N) is 5. The molecule has 1 saturated heterocycles. The van der Waals surface area contributed by atoms with Crippen molar-refractivity contribution >= 4 is 49.7 Å². The Morgan fingerprint density at radius 3 is 2.77 bits per heavy atom. The maximum Gasteiger partial charge on any atom is 0.262 e. The number of carbonyl (C=O) groups is 1. The zero-order chi connectivity index (χ0) is 28.6. The van der Waals surface area contributed by atoms with E-state index in [4.69, 9.17) is 16.2 Å². The van der Waals surface area contributed by atoms with Gasteiger partial charge in [0.1, 0.15) is 41.7 Å². The molecule has 4 aromatic rings. The number of aliphatic hydroxyl groups excluding tert-OH is 2. The third-order valence-corrected chi connectivity index (χ3v) is 8.07. The van der Waals surface area contributed by atoms with Gasteiger partial charge in [-0.25, -0.2) is 23.4 Å². The Morgan fingerprint density at radius 2 is 1.98 bits per heavy atom. The van der Waals surface area contributed by atoms with Gasteiger partial charge in [-0.15, -0.1) is 0 Å². The Labute approximate surface area is 225 Å². The van der Waals surface area contributed by atoms with Gasteiger partial charge in [0.05, 0.1) is 17.5 Å². The first-order valence-electron chi connectivity index (χ1n) is 12.3. The number of nitrogens with two attached hydrogens (primary N) is 2. The molecule has 1 aliphatic heterocycles. The molecule has 4 atom stereocenters. The summed E-state index contributed by atoms with van der Waals surface area (Å²) in [6.07, 6.45) is 0.354. The monoisotopic (exact) mass is 576 g/mol. The standard InChI is InChI=1S/C22H28N10O7S/c23-17-14-19(27-7-26-17)32(8-28-14)21-16(35)15(34)11(39-21)6-40(37,38)9-29-12(33)4-2-1-3-10-5-25-18-13(10)20(36)31-22(24)30-18/h5,7-8,11,15-16,21,34-35H,1-4,6,9H2,(H,29,33)(H2,23,26,27)(H4,24,25,30,31,36)/t11-,15?,16+,21-/m1/s1. The van der Waals surface area contributed by atoms with E-state index in [-0.39, 0.29) is 34.9 Å². The van der Waals surface area contributed by atoms with Gasteiger partial charge in [0.15, 0.2) is 27.5 Å². The van der Waals surface area contributed by atoms with E-state index in [2.05, 4.69) is 35.2 Å². The Kier molecular flexibility index (Phi) is 7.41. The number of aryl methyl sites for hydroxylation is 1. The highest BCUT2D eigenvalue weighted by molar-refractivity contribution is 7.91. The van der Waals surface area contributed by atoms with Crippen LogP contribution in [0.3, 0.4) is 0 Å². The average Bonchev–Trinajstić information content (AvgIpc) is 3.58. The van der Waals surface area contributed by atoms with E-state index >= 15 is 0 Å². The van der Waals surface area contributed by atoms with Gasteiger partial charge in [-0.2, -0.15) is 4.98 Å². The molecule has 0 bridgehead atoms. The molecular weight excluding hydrogens is 548 g/mol. The summed E-state index contributed by atoms with van der Waals surface area (Å²) < 4.78 is 32.3. The van der Waals surface area contributed by atoms with E-state index in [9.17, 15) is 28.2 Å². The number of nitrogen functional groups attached to an aromatic ring is 2. The van der Waals surface area contributed by atoms with Crippen molar-refractivity contribution in [2.75, 3.05) is 23.1 Å². The van der Waals surface area contributed by atoms with Crippen LogP contribution in [0.25, 0.3) is 22.2 Å². The van der Waals surface area contributed by atoms with Crippen molar-refractivity contribution in [3.05, 3.63) is 34.8 Å². The second-order valence-corrected chi connectivity index (χ2v) is 11.6. The third-order valence-electron chi connectivity index (χ3n) is 6.65.